The summed E-state index contributed by atoms with van der Waals surface area (Å²) in [5, 5.41) is 8.84. The van der Waals surface area contributed by atoms with Crippen molar-refractivity contribution in [1.82, 2.24) is 9.88 Å². The lowest BCUT2D eigenvalue weighted by molar-refractivity contribution is 0.0669. The molecule has 1 unspecified atom stereocenters. The number of rotatable bonds is 3. The second-order valence-electron chi connectivity index (χ2n) is 6.17. The molecule has 26 heavy (non-hydrogen) atoms. The SMILES string of the molecule is CC1CN(c2ccc(C#N)cn2)CCN1C(=O)c1cc(C=O)ccc1F. The highest BCUT2D eigenvalue weighted by Crippen LogP contribution is 2.20. The van der Waals surface area contributed by atoms with Gasteiger partial charge in [-0.2, -0.15) is 5.26 Å². The highest BCUT2D eigenvalue weighted by atomic mass is 19.1. The van der Waals surface area contributed by atoms with Gasteiger partial charge in [0.05, 0.1) is 11.1 Å². The maximum atomic E-state index is 14.0. The minimum atomic E-state index is -0.635. The first-order valence-corrected chi connectivity index (χ1v) is 8.20. The molecule has 0 aliphatic carbocycles. The minimum absolute atomic E-state index is 0.0913. The van der Waals surface area contributed by atoms with Crippen LogP contribution in [0.5, 0.6) is 0 Å². The molecule has 1 aromatic carbocycles. The van der Waals surface area contributed by atoms with Crippen LogP contribution in [-0.2, 0) is 0 Å². The maximum absolute atomic E-state index is 14.0. The van der Waals surface area contributed by atoms with Crippen LogP contribution >= 0.6 is 0 Å². The second-order valence-corrected chi connectivity index (χ2v) is 6.17. The van der Waals surface area contributed by atoms with Crippen molar-refractivity contribution in [3.8, 4) is 6.07 Å². The Labute approximate surface area is 150 Å². The highest BCUT2D eigenvalue weighted by molar-refractivity contribution is 5.96. The van der Waals surface area contributed by atoms with E-state index < -0.39 is 11.7 Å². The Morgan fingerprint density at radius 3 is 2.77 bits per heavy atom. The normalized spacial score (nSPS) is 16.9. The summed E-state index contributed by atoms with van der Waals surface area (Å²) in [5.41, 5.74) is 0.662. The molecule has 1 aliphatic rings. The van der Waals surface area contributed by atoms with E-state index >= 15 is 0 Å². The average molecular weight is 352 g/mol. The fourth-order valence-corrected chi connectivity index (χ4v) is 3.04. The Morgan fingerprint density at radius 2 is 2.15 bits per heavy atom. The van der Waals surface area contributed by atoms with E-state index in [1.54, 1.807) is 17.0 Å². The van der Waals surface area contributed by atoms with Crippen LogP contribution in [0.15, 0.2) is 36.5 Å². The molecule has 1 atom stereocenters. The van der Waals surface area contributed by atoms with Crippen molar-refractivity contribution in [2.75, 3.05) is 24.5 Å². The number of aldehydes is 1. The van der Waals surface area contributed by atoms with E-state index in [-0.39, 0.29) is 17.2 Å². The first-order chi connectivity index (χ1) is 12.5. The van der Waals surface area contributed by atoms with E-state index in [4.69, 9.17) is 5.26 Å². The smallest absolute Gasteiger partial charge is 0.257 e. The molecule has 0 saturated carbocycles. The minimum Gasteiger partial charge on any atom is -0.353 e. The number of halogens is 1. The molecule has 1 amide bonds. The number of hydrogen-bond acceptors (Lipinski definition) is 5. The van der Waals surface area contributed by atoms with Gasteiger partial charge in [0.2, 0.25) is 0 Å². The number of carbonyl (C=O) groups excluding carboxylic acids is 2. The van der Waals surface area contributed by atoms with E-state index in [0.29, 0.717) is 31.5 Å². The molecule has 0 N–H and O–H groups in total. The van der Waals surface area contributed by atoms with Crippen molar-refractivity contribution < 1.29 is 14.0 Å². The molecular formula is C19H17FN4O2. The molecule has 132 valence electrons. The van der Waals surface area contributed by atoms with Gasteiger partial charge in [-0.05, 0) is 37.3 Å². The maximum Gasteiger partial charge on any atom is 0.257 e. The number of carbonyl (C=O) groups is 2. The summed E-state index contributed by atoms with van der Waals surface area (Å²) in [4.78, 5) is 31.5. The highest BCUT2D eigenvalue weighted by Gasteiger charge is 2.30. The van der Waals surface area contributed by atoms with Crippen LogP contribution in [0.1, 0.15) is 33.2 Å². The zero-order chi connectivity index (χ0) is 18.7. The standard InChI is InChI=1S/C19H17FN4O2/c1-13-11-23(18-5-3-15(9-21)10-22-18)6-7-24(13)19(26)16-8-14(12-25)2-4-17(16)20/h2-5,8,10,12-13H,6-7,11H2,1H3. The van der Waals surface area contributed by atoms with Gasteiger partial charge in [0.1, 0.15) is 24.0 Å². The Bertz CT molecular complexity index is 876. The number of hydrogen-bond donors (Lipinski definition) is 0. The number of aromatic nitrogens is 1. The average Bonchev–Trinajstić information content (AvgIpc) is 2.68. The van der Waals surface area contributed by atoms with Crippen LogP contribution < -0.4 is 4.90 Å². The van der Waals surface area contributed by atoms with Crippen LogP contribution in [0.25, 0.3) is 0 Å². The lowest BCUT2D eigenvalue weighted by Gasteiger charge is -2.40. The molecule has 1 aromatic heterocycles. The topological polar surface area (TPSA) is 77.3 Å². The third-order valence-electron chi connectivity index (χ3n) is 4.45. The monoisotopic (exact) mass is 352 g/mol. The van der Waals surface area contributed by atoms with Crippen molar-refractivity contribution in [1.29, 1.82) is 5.26 Å². The molecule has 3 rings (SSSR count). The van der Waals surface area contributed by atoms with E-state index in [1.165, 1.54) is 18.3 Å². The van der Waals surface area contributed by atoms with E-state index in [2.05, 4.69) is 4.98 Å². The molecule has 7 heteroatoms. The Balaban J connectivity index is 1.75. The van der Waals surface area contributed by atoms with Crippen LogP contribution in [0.2, 0.25) is 0 Å². The molecule has 0 radical (unpaired) electrons. The summed E-state index contributed by atoms with van der Waals surface area (Å²) in [5.74, 6) is -0.327. The summed E-state index contributed by atoms with van der Waals surface area (Å²) in [6, 6.07) is 9.11. The molecule has 1 saturated heterocycles. The molecule has 1 aliphatic heterocycles. The molecular weight excluding hydrogens is 335 g/mol. The second kappa shape index (κ2) is 7.31. The van der Waals surface area contributed by atoms with E-state index in [0.717, 1.165) is 11.9 Å². The van der Waals surface area contributed by atoms with Crippen molar-refractivity contribution in [2.45, 2.75) is 13.0 Å². The van der Waals surface area contributed by atoms with Gasteiger partial charge in [-0.1, -0.05) is 0 Å². The fourth-order valence-electron chi connectivity index (χ4n) is 3.04. The van der Waals surface area contributed by atoms with Crippen molar-refractivity contribution in [3.63, 3.8) is 0 Å². The van der Waals surface area contributed by atoms with Crippen molar-refractivity contribution >= 4 is 18.0 Å². The summed E-state index contributed by atoms with van der Waals surface area (Å²) < 4.78 is 14.0. The zero-order valence-electron chi connectivity index (χ0n) is 14.2. The lowest BCUT2D eigenvalue weighted by Crippen LogP contribution is -2.54. The third kappa shape index (κ3) is 3.40. The van der Waals surface area contributed by atoms with Crippen molar-refractivity contribution in [2.24, 2.45) is 0 Å². The number of amides is 1. The number of anilines is 1. The van der Waals surface area contributed by atoms with Gasteiger partial charge < -0.3 is 9.80 Å². The van der Waals surface area contributed by atoms with Crippen LogP contribution in [0.4, 0.5) is 10.2 Å². The zero-order valence-corrected chi connectivity index (χ0v) is 14.2. The van der Waals surface area contributed by atoms with Gasteiger partial charge in [-0.3, -0.25) is 9.59 Å². The number of pyridine rings is 1. The number of nitriles is 1. The Kier molecular flexibility index (Phi) is 4.94. The quantitative estimate of drug-likeness (QED) is 0.792. The van der Waals surface area contributed by atoms with E-state index in [1.807, 2.05) is 17.9 Å². The van der Waals surface area contributed by atoms with E-state index in [9.17, 15) is 14.0 Å². The van der Waals surface area contributed by atoms with Gasteiger partial charge in [0, 0.05) is 37.4 Å². The summed E-state index contributed by atoms with van der Waals surface area (Å²) >= 11 is 0. The van der Waals surface area contributed by atoms with Crippen LogP contribution in [0, 0.1) is 17.1 Å². The molecule has 0 bridgehead atoms. The number of piperazine rings is 1. The van der Waals surface area contributed by atoms with Gasteiger partial charge in [0.15, 0.2) is 0 Å². The summed E-state index contributed by atoms with van der Waals surface area (Å²) in [6.07, 6.45) is 2.10. The van der Waals surface area contributed by atoms with Crippen molar-refractivity contribution in [3.05, 3.63) is 59.0 Å². The van der Waals surface area contributed by atoms with Gasteiger partial charge in [-0.25, -0.2) is 9.37 Å². The third-order valence-corrected chi connectivity index (χ3v) is 4.45. The molecule has 6 nitrogen and oxygen atoms in total. The summed E-state index contributed by atoms with van der Waals surface area (Å²) in [7, 11) is 0. The van der Waals surface area contributed by atoms with Gasteiger partial charge in [0.25, 0.3) is 5.91 Å². The van der Waals surface area contributed by atoms with Crippen LogP contribution in [-0.4, -0.2) is 47.8 Å². The number of benzene rings is 1. The predicted octanol–water partition coefficient (Wildman–Crippen LogP) is 2.26. The first kappa shape index (κ1) is 17.5. The van der Waals surface area contributed by atoms with Crippen LogP contribution in [0.3, 0.4) is 0 Å². The fraction of sp³-hybridized carbons (Fsp3) is 0.263. The first-order valence-electron chi connectivity index (χ1n) is 8.20. The largest absolute Gasteiger partial charge is 0.353 e. The number of nitrogens with zero attached hydrogens (tertiary/aromatic N) is 4. The van der Waals surface area contributed by atoms with Gasteiger partial charge in [-0.15, -0.1) is 0 Å². The molecule has 1 fully saturated rings. The molecule has 2 aromatic rings. The molecule has 0 spiro atoms. The predicted molar refractivity (Wildman–Crippen MR) is 93.5 cm³/mol. The molecule has 2 heterocycles. The van der Waals surface area contributed by atoms with Gasteiger partial charge >= 0.3 is 0 Å². The Hall–Kier alpha value is -3.27. The summed E-state index contributed by atoms with van der Waals surface area (Å²) in [6.45, 7) is 3.38. The lowest BCUT2D eigenvalue weighted by atomic mass is 10.1. The Morgan fingerprint density at radius 1 is 1.35 bits per heavy atom.